The van der Waals surface area contributed by atoms with Gasteiger partial charge in [-0.15, -0.1) is 0 Å². The van der Waals surface area contributed by atoms with Crippen molar-refractivity contribution in [3.05, 3.63) is 48.6 Å². The first-order chi connectivity index (χ1) is 26.6. The van der Waals surface area contributed by atoms with Gasteiger partial charge in [-0.05, 0) is 57.8 Å². The summed E-state index contributed by atoms with van der Waals surface area (Å²) in [4.78, 5) is 25.2. The van der Waals surface area contributed by atoms with Crippen molar-refractivity contribution in [1.82, 2.24) is 0 Å². The Balaban J connectivity index is 4.30. The molecule has 54 heavy (non-hydrogen) atoms. The average Bonchev–Trinajstić information content (AvgIpc) is 3.17. The van der Waals surface area contributed by atoms with Crippen LogP contribution in [0, 0.1) is 0 Å². The van der Waals surface area contributed by atoms with E-state index >= 15 is 0 Å². The monoisotopic (exact) mass is 757 g/mol. The number of rotatable bonds is 42. The highest BCUT2D eigenvalue weighted by Gasteiger charge is 2.17. The maximum absolute atomic E-state index is 12.7. The highest BCUT2D eigenvalue weighted by atomic mass is 16.6. The van der Waals surface area contributed by atoms with Gasteiger partial charge in [0, 0.05) is 19.4 Å². The lowest BCUT2D eigenvalue weighted by Gasteiger charge is -2.18. The van der Waals surface area contributed by atoms with Gasteiger partial charge in [0.2, 0.25) is 0 Å². The topological polar surface area (TPSA) is 61.8 Å². The molecule has 0 spiro atoms. The fourth-order valence-corrected chi connectivity index (χ4v) is 6.44. The molecule has 0 saturated carbocycles. The number of carbonyl (C=O) groups excluding carboxylic acids is 2. The Hall–Kier alpha value is -2.14. The van der Waals surface area contributed by atoms with E-state index in [-0.39, 0.29) is 25.2 Å². The number of esters is 2. The van der Waals surface area contributed by atoms with Crippen molar-refractivity contribution in [3.63, 3.8) is 0 Å². The molecule has 314 valence electrons. The number of allylic oxidation sites excluding steroid dienone is 8. The molecule has 0 aliphatic heterocycles. The Morgan fingerprint density at radius 1 is 0.426 bits per heavy atom. The molecule has 0 aliphatic carbocycles. The zero-order valence-electron chi connectivity index (χ0n) is 36.0. The van der Waals surface area contributed by atoms with Crippen LogP contribution in [0.4, 0.5) is 0 Å². The Kier molecular flexibility index (Phi) is 43.5. The van der Waals surface area contributed by atoms with Crippen LogP contribution in [0.25, 0.3) is 0 Å². The third-order valence-corrected chi connectivity index (χ3v) is 9.88. The molecule has 0 heterocycles. The van der Waals surface area contributed by atoms with E-state index in [4.69, 9.17) is 14.2 Å². The molecule has 5 nitrogen and oxygen atoms in total. The summed E-state index contributed by atoms with van der Waals surface area (Å²) in [5.41, 5.74) is 0. The molecule has 5 heteroatoms. The third-order valence-electron chi connectivity index (χ3n) is 9.88. The molecule has 0 amide bonds. The van der Waals surface area contributed by atoms with Crippen LogP contribution in [-0.4, -0.2) is 37.9 Å². The minimum absolute atomic E-state index is 0.0676. The third kappa shape index (κ3) is 42.6. The Labute approximate surface area is 335 Å². The van der Waals surface area contributed by atoms with Crippen LogP contribution in [-0.2, 0) is 23.8 Å². The van der Waals surface area contributed by atoms with E-state index in [9.17, 15) is 9.59 Å². The van der Waals surface area contributed by atoms with Crippen LogP contribution in [0.2, 0.25) is 0 Å². The summed E-state index contributed by atoms with van der Waals surface area (Å²) in [6.07, 6.45) is 53.9. The number of unbranched alkanes of at least 4 members (excludes halogenated alkanes) is 23. The lowest BCUT2D eigenvalue weighted by molar-refractivity contribution is -0.163. The van der Waals surface area contributed by atoms with Crippen molar-refractivity contribution in [2.75, 3.05) is 19.8 Å². The van der Waals surface area contributed by atoms with Crippen LogP contribution in [0.3, 0.4) is 0 Å². The normalized spacial score (nSPS) is 12.6. The summed E-state index contributed by atoms with van der Waals surface area (Å²) in [5, 5.41) is 0. The molecule has 0 aromatic carbocycles. The number of hydrogen-bond acceptors (Lipinski definition) is 5. The zero-order valence-corrected chi connectivity index (χ0v) is 36.0. The summed E-state index contributed by atoms with van der Waals surface area (Å²) in [6, 6.07) is 0. The van der Waals surface area contributed by atoms with Gasteiger partial charge in [-0.1, -0.05) is 204 Å². The molecular formula is C49H88O5. The van der Waals surface area contributed by atoms with E-state index < -0.39 is 6.10 Å². The number of carbonyl (C=O) groups is 2. The van der Waals surface area contributed by atoms with Crippen molar-refractivity contribution in [3.8, 4) is 0 Å². The molecule has 0 radical (unpaired) electrons. The molecule has 0 N–H and O–H groups in total. The lowest BCUT2D eigenvalue weighted by Crippen LogP contribution is -2.30. The molecule has 0 aliphatic rings. The Bertz CT molecular complexity index is 904. The molecule has 0 fully saturated rings. The lowest BCUT2D eigenvalue weighted by atomic mass is 10.1. The van der Waals surface area contributed by atoms with Crippen molar-refractivity contribution >= 4 is 11.9 Å². The Morgan fingerprint density at radius 3 is 1.33 bits per heavy atom. The van der Waals surface area contributed by atoms with Crippen molar-refractivity contribution in [2.24, 2.45) is 0 Å². The second kappa shape index (κ2) is 45.3. The quantitative estimate of drug-likeness (QED) is 0.0353. The first kappa shape index (κ1) is 51.9. The van der Waals surface area contributed by atoms with E-state index in [1.165, 1.54) is 122 Å². The predicted molar refractivity (Wildman–Crippen MR) is 233 cm³/mol. The van der Waals surface area contributed by atoms with Crippen molar-refractivity contribution in [1.29, 1.82) is 0 Å². The highest BCUT2D eigenvalue weighted by molar-refractivity contribution is 5.70. The van der Waals surface area contributed by atoms with Crippen LogP contribution < -0.4 is 0 Å². The SMILES string of the molecule is CC/C=C\C/C=C\C/C=C\C/C=C\CCCCC(=O)OCC(COCCCCCCCCCCCCCC)OC(=O)CCCCCCCCCCCCC. The molecule has 0 aromatic heterocycles. The van der Waals surface area contributed by atoms with E-state index in [0.29, 0.717) is 19.4 Å². The predicted octanol–water partition coefficient (Wildman–Crippen LogP) is 15.2. The first-order valence-electron chi connectivity index (χ1n) is 23.2. The summed E-state index contributed by atoms with van der Waals surface area (Å²) >= 11 is 0. The summed E-state index contributed by atoms with van der Waals surface area (Å²) < 4.78 is 17.3. The molecule has 0 rings (SSSR count). The van der Waals surface area contributed by atoms with Crippen LogP contribution in [0.15, 0.2) is 48.6 Å². The van der Waals surface area contributed by atoms with Crippen LogP contribution in [0.5, 0.6) is 0 Å². The number of hydrogen-bond donors (Lipinski definition) is 0. The fourth-order valence-electron chi connectivity index (χ4n) is 6.44. The fraction of sp³-hybridized carbons (Fsp3) is 0.796. The second-order valence-electron chi connectivity index (χ2n) is 15.3. The van der Waals surface area contributed by atoms with Gasteiger partial charge in [-0.2, -0.15) is 0 Å². The van der Waals surface area contributed by atoms with E-state index in [2.05, 4.69) is 69.4 Å². The van der Waals surface area contributed by atoms with Gasteiger partial charge in [0.15, 0.2) is 6.10 Å². The minimum Gasteiger partial charge on any atom is -0.462 e. The molecular weight excluding hydrogens is 669 g/mol. The van der Waals surface area contributed by atoms with Gasteiger partial charge in [0.25, 0.3) is 0 Å². The molecule has 0 saturated heterocycles. The number of ether oxygens (including phenoxy) is 3. The molecule has 0 aromatic rings. The molecule has 0 bridgehead atoms. The molecule has 1 atom stereocenters. The zero-order chi connectivity index (χ0) is 39.3. The highest BCUT2D eigenvalue weighted by Crippen LogP contribution is 2.14. The smallest absolute Gasteiger partial charge is 0.306 e. The van der Waals surface area contributed by atoms with Gasteiger partial charge in [0.1, 0.15) is 6.61 Å². The van der Waals surface area contributed by atoms with Gasteiger partial charge in [0.05, 0.1) is 6.61 Å². The first-order valence-corrected chi connectivity index (χ1v) is 23.2. The average molecular weight is 757 g/mol. The van der Waals surface area contributed by atoms with Gasteiger partial charge >= 0.3 is 11.9 Å². The summed E-state index contributed by atoms with van der Waals surface area (Å²) in [6.45, 7) is 7.68. The maximum atomic E-state index is 12.7. The van der Waals surface area contributed by atoms with Crippen molar-refractivity contribution < 1.29 is 23.8 Å². The van der Waals surface area contributed by atoms with Gasteiger partial charge in [-0.3, -0.25) is 9.59 Å². The van der Waals surface area contributed by atoms with Gasteiger partial charge in [-0.25, -0.2) is 0 Å². The minimum atomic E-state index is -0.546. The second-order valence-corrected chi connectivity index (χ2v) is 15.3. The summed E-state index contributed by atoms with van der Waals surface area (Å²) in [7, 11) is 0. The van der Waals surface area contributed by atoms with E-state index in [0.717, 1.165) is 70.6 Å². The van der Waals surface area contributed by atoms with Gasteiger partial charge < -0.3 is 14.2 Å². The van der Waals surface area contributed by atoms with E-state index in [1.54, 1.807) is 0 Å². The van der Waals surface area contributed by atoms with Crippen LogP contribution in [0.1, 0.15) is 226 Å². The maximum Gasteiger partial charge on any atom is 0.306 e. The van der Waals surface area contributed by atoms with E-state index in [1.807, 2.05) is 0 Å². The largest absolute Gasteiger partial charge is 0.462 e. The standard InChI is InChI=1S/C49H88O5/c1-4-7-10-13-16-19-22-24-25-26-28-30-33-36-39-42-48(50)53-46-47(45-52-44-41-38-35-32-29-23-20-17-14-11-8-5-2)54-49(51)43-40-37-34-31-27-21-18-15-12-9-6-3/h7,10,16,19,24-25,28,30,47H,4-6,8-9,11-15,17-18,20-23,26-27,29,31-46H2,1-3H3/b10-7-,19-16-,25-24-,30-28-. The molecule has 1 unspecified atom stereocenters. The van der Waals surface area contributed by atoms with Crippen molar-refractivity contribution in [2.45, 2.75) is 232 Å². The summed E-state index contributed by atoms with van der Waals surface area (Å²) in [5.74, 6) is -0.439. The van der Waals surface area contributed by atoms with Crippen LogP contribution >= 0.6 is 0 Å². The Morgan fingerprint density at radius 2 is 0.833 bits per heavy atom.